The molecular weight excluding hydrogens is 112 g/mol. The maximum Gasteiger partial charge on any atom is 0.0436 e. The minimum absolute atomic E-state index is 0.356. The van der Waals surface area contributed by atoms with Gasteiger partial charge < -0.3 is 5.11 Å². The molecule has 0 unspecified atom stereocenters. The van der Waals surface area contributed by atoms with Crippen molar-refractivity contribution in [3.8, 4) is 0 Å². The predicted molar refractivity (Wildman–Crippen MR) is 38.0 cm³/mol. The van der Waals surface area contributed by atoms with Crippen molar-refractivity contribution in [2.45, 2.75) is 38.5 Å². The van der Waals surface area contributed by atoms with Gasteiger partial charge in [-0.2, -0.15) is 0 Å². The highest BCUT2D eigenvalue weighted by atomic mass is 16.3. The van der Waals surface area contributed by atoms with Crippen LogP contribution < -0.4 is 0 Å². The molecule has 1 aliphatic rings. The lowest BCUT2D eigenvalue weighted by molar-refractivity contribution is 0.282. The molecule has 9 heavy (non-hydrogen) atoms. The van der Waals surface area contributed by atoms with E-state index in [1.54, 1.807) is 5.92 Å². The Kier molecular flexibility index (Phi) is 3.05. The molecule has 0 heterocycles. The lowest BCUT2D eigenvalue weighted by Crippen LogP contribution is -2.05. The number of hydrogen-bond donors (Lipinski definition) is 1. The van der Waals surface area contributed by atoms with E-state index in [-0.39, 0.29) is 0 Å². The Morgan fingerprint density at radius 2 is 1.78 bits per heavy atom. The van der Waals surface area contributed by atoms with E-state index in [1.165, 1.54) is 32.1 Å². The molecule has 0 aliphatic heterocycles. The molecule has 0 atom stereocenters. The summed E-state index contributed by atoms with van der Waals surface area (Å²) in [6.45, 7) is 0.356. The van der Waals surface area contributed by atoms with E-state index >= 15 is 0 Å². The Morgan fingerprint density at radius 3 is 2.33 bits per heavy atom. The first-order valence-electron chi connectivity index (χ1n) is 3.88. The Morgan fingerprint density at radius 1 is 1.11 bits per heavy atom. The Bertz CT molecular complexity index is 62.2. The summed E-state index contributed by atoms with van der Waals surface area (Å²) in [7, 11) is 0. The van der Waals surface area contributed by atoms with E-state index in [4.69, 9.17) is 5.11 Å². The molecule has 1 radical (unpaired) electrons. The van der Waals surface area contributed by atoms with Crippen LogP contribution in [0.25, 0.3) is 0 Å². The molecule has 1 heteroatoms. The molecule has 0 aromatic rings. The minimum Gasteiger partial charge on any atom is -0.396 e. The third-order valence-corrected chi connectivity index (χ3v) is 2.03. The second kappa shape index (κ2) is 3.89. The molecular formula is C8H15O. The van der Waals surface area contributed by atoms with Crippen molar-refractivity contribution >= 4 is 0 Å². The van der Waals surface area contributed by atoms with Gasteiger partial charge in [0.1, 0.15) is 0 Å². The standard InChI is InChI=1S/C8H15O/c9-7-6-8-4-2-1-3-5-8/h9H,1-7H2. The molecule has 0 bridgehead atoms. The number of rotatable bonds is 2. The Hall–Kier alpha value is -0.0400. The summed E-state index contributed by atoms with van der Waals surface area (Å²) in [6.07, 6.45) is 7.63. The van der Waals surface area contributed by atoms with E-state index in [0.717, 1.165) is 6.42 Å². The van der Waals surface area contributed by atoms with Gasteiger partial charge in [-0.25, -0.2) is 0 Å². The maximum atomic E-state index is 8.60. The molecule has 1 aliphatic carbocycles. The average Bonchev–Trinajstić information content (AvgIpc) is 1.91. The zero-order chi connectivity index (χ0) is 6.53. The van der Waals surface area contributed by atoms with Crippen LogP contribution in [0.3, 0.4) is 0 Å². The Balaban J connectivity index is 2.08. The van der Waals surface area contributed by atoms with Crippen LogP contribution in [0.2, 0.25) is 0 Å². The average molecular weight is 127 g/mol. The highest BCUT2D eigenvalue weighted by molar-refractivity contribution is 4.91. The van der Waals surface area contributed by atoms with Crippen LogP contribution in [0.15, 0.2) is 0 Å². The highest BCUT2D eigenvalue weighted by Gasteiger charge is 2.12. The summed E-state index contributed by atoms with van der Waals surface area (Å²) >= 11 is 0. The number of hydrogen-bond acceptors (Lipinski definition) is 1. The normalized spacial score (nSPS) is 22.3. The van der Waals surface area contributed by atoms with Crippen LogP contribution in [0.5, 0.6) is 0 Å². The molecule has 1 N–H and O–H groups in total. The van der Waals surface area contributed by atoms with Crippen LogP contribution >= 0.6 is 0 Å². The topological polar surface area (TPSA) is 20.2 Å². The summed E-state index contributed by atoms with van der Waals surface area (Å²) in [5.74, 6) is 1.59. The summed E-state index contributed by atoms with van der Waals surface area (Å²) < 4.78 is 0. The second-order valence-corrected chi connectivity index (χ2v) is 2.78. The fraction of sp³-hybridized carbons (Fsp3) is 0.875. The maximum absolute atomic E-state index is 8.60. The fourth-order valence-electron chi connectivity index (χ4n) is 1.46. The van der Waals surface area contributed by atoms with Gasteiger partial charge in [-0.05, 0) is 25.2 Å². The molecule has 1 nitrogen and oxygen atoms in total. The summed E-state index contributed by atoms with van der Waals surface area (Å²) in [4.78, 5) is 0. The number of aliphatic hydroxyl groups excluding tert-OH is 1. The minimum atomic E-state index is 0.356. The lowest BCUT2D eigenvalue weighted by Gasteiger charge is -2.19. The molecule has 1 saturated carbocycles. The highest BCUT2D eigenvalue weighted by Crippen LogP contribution is 2.27. The number of aliphatic hydroxyl groups is 1. The van der Waals surface area contributed by atoms with Crippen molar-refractivity contribution in [3.63, 3.8) is 0 Å². The van der Waals surface area contributed by atoms with Crippen LogP contribution in [0.4, 0.5) is 0 Å². The van der Waals surface area contributed by atoms with Gasteiger partial charge in [0, 0.05) is 6.61 Å². The van der Waals surface area contributed by atoms with Gasteiger partial charge in [0.05, 0.1) is 0 Å². The van der Waals surface area contributed by atoms with Gasteiger partial charge >= 0.3 is 0 Å². The zero-order valence-electron chi connectivity index (χ0n) is 5.90. The van der Waals surface area contributed by atoms with Gasteiger partial charge in [-0.15, -0.1) is 0 Å². The van der Waals surface area contributed by atoms with Crippen molar-refractivity contribution in [2.24, 2.45) is 0 Å². The molecule has 0 spiro atoms. The van der Waals surface area contributed by atoms with E-state index in [1.807, 2.05) is 0 Å². The Labute approximate surface area is 57.1 Å². The molecule has 53 valence electrons. The first-order valence-corrected chi connectivity index (χ1v) is 3.88. The van der Waals surface area contributed by atoms with Crippen molar-refractivity contribution in [3.05, 3.63) is 5.92 Å². The summed E-state index contributed by atoms with van der Waals surface area (Å²) in [5, 5.41) is 8.60. The van der Waals surface area contributed by atoms with Crippen molar-refractivity contribution in [2.75, 3.05) is 6.61 Å². The van der Waals surface area contributed by atoms with E-state index < -0.39 is 0 Å². The predicted octanol–water partition coefficient (Wildman–Crippen LogP) is 1.91. The van der Waals surface area contributed by atoms with Gasteiger partial charge in [-0.3, -0.25) is 0 Å². The van der Waals surface area contributed by atoms with Crippen LogP contribution in [0, 0.1) is 5.92 Å². The lowest BCUT2D eigenvalue weighted by atomic mass is 9.87. The fourth-order valence-corrected chi connectivity index (χ4v) is 1.46. The SMILES string of the molecule is OCC[C]1CCCCC1. The van der Waals surface area contributed by atoms with Gasteiger partial charge in [0.25, 0.3) is 0 Å². The molecule has 0 saturated heterocycles. The van der Waals surface area contributed by atoms with E-state index in [2.05, 4.69) is 0 Å². The van der Waals surface area contributed by atoms with Crippen LogP contribution in [-0.2, 0) is 0 Å². The van der Waals surface area contributed by atoms with Gasteiger partial charge in [-0.1, -0.05) is 19.3 Å². The van der Waals surface area contributed by atoms with Crippen LogP contribution in [-0.4, -0.2) is 11.7 Å². The van der Waals surface area contributed by atoms with Crippen LogP contribution in [0.1, 0.15) is 38.5 Å². The molecule has 1 rings (SSSR count). The molecule has 0 aromatic carbocycles. The summed E-state index contributed by atoms with van der Waals surface area (Å²) in [6, 6.07) is 0. The van der Waals surface area contributed by atoms with Gasteiger partial charge in [0.2, 0.25) is 0 Å². The third-order valence-electron chi connectivity index (χ3n) is 2.03. The summed E-state index contributed by atoms with van der Waals surface area (Å²) in [5.41, 5.74) is 0. The van der Waals surface area contributed by atoms with E-state index in [0.29, 0.717) is 6.61 Å². The first-order chi connectivity index (χ1) is 4.43. The molecule has 0 aromatic heterocycles. The van der Waals surface area contributed by atoms with Crippen molar-refractivity contribution in [1.82, 2.24) is 0 Å². The van der Waals surface area contributed by atoms with Gasteiger partial charge in [0.15, 0.2) is 0 Å². The first kappa shape index (κ1) is 7.07. The molecule has 0 amide bonds. The molecule has 1 fully saturated rings. The largest absolute Gasteiger partial charge is 0.396 e. The quantitative estimate of drug-likeness (QED) is 0.600. The second-order valence-electron chi connectivity index (χ2n) is 2.78. The van der Waals surface area contributed by atoms with Crippen molar-refractivity contribution < 1.29 is 5.11 Å². The third kappa shape index (κ3) is 2.35. The van der Waals surface area contributed by atoms with Crippen molar-refractivity contribution in [1.29, 1.82) is 0 Å². The monoisotopic (exact) mass is 127 g/mol. The smallest absolute Gasteiger partial charge is 0.0436 e. The zero-order valence-corrected chi connectivity index (χ0v) is 5.90. The van der Waals surface area contributed by atoms with E-state index in [9.17, 15) is 0 Å².